The molecule has 4 unspecified atom stereocenters. The van der Waals surface area contributed by atoms with Gasteiger partial charge in [0.1, 0.15) is 69.4 Å². The zero-order valence-electron chi connectivity index (χ0n) is 57.8. The zero-order valence-corrected chi connectivity index (χ0v) is 61.9. The lowest BCUT2D eigenvalue weighted by Gasteiger charge is -2.39. The minimum absolute atomic E-state index is 0.00296. The first-order valence-corrected chi connectivity index (χ1v) is 38.0. The van der Waals surface area contributed by atoms with E-state index >= 15 is 4.39 Å². The number of oxazole rings is 2. The number of H-pyrrole nitrogens is 3. The van der Waals surface area contributed by atoms with Crippen molar-refractivity contribution in [2.24, 2.45) is 5.92 Å². The highest BCUT2D eigenvalue weighted by atomic mass is 79.9. The number of nitrogens with zero attached hydrogens (tertiary/aromatic N) is 5. The molecule has 25 heteroatoms. The molecule has 17 rings (SSSR count). The van der Waals surface area contributed by atoms with Crippen LogP contribution >= 0.6 is 31.9 Å². The number of halogens is 6. The number of carbonyl (C=O) groups is 1. The fraction of sp³-hybridized carbons (Fsp3) is 0.266. The third-order valence-corrected chi connectivity index (χ3v) is 27.2. The molecule has 0 aliphatic carbocycles. The maximum absolute atomic E-state index is 15.2. The summed E-state index contributed by atoms with van der Waals surface area (Å²) in [6.07, 6.45) is 7.68. The number of rotatable bonds is 10. The Kier molecular flexibility index (Phi) is 21.5. The Hall–Kier alpha value is -10.2. The Labute approximate surface area is 614 Å². The van der Waals surface area contributed by atoms with E-state index < -0.39 is 25.8 Å². The van der Waals surface area contributed by atoms with Gasteiger partial charge in [0.2, 0.25) is 0 Å². The van der Waals surface area contributed by atoms with Crippen molar-refractivity contribution < 1.29 is 55.2 Å². The van der Waals surface area contributed by atoms with Gasteiger partial charge in [-0.2, -0.15) is 0 Å². The topological polar surface area (TPSA) is 264 Å². The summed E-state index contributed by atoms with van der Waals surface area (Å²) < 4.78 is 92.0. The summed E-state index contributed by atoms with van der Waals surface area (Å²) in [5.41, 5.74) is 21.9. The van der Waals surface area contributed by atoms with Crippen LogP contribution in [0.1, 0.15) is 99.0 Å². The van der Waals surface area contributed by atoms with Crippen LogP contribution in [0.25, 0.3) is 55.7 Å². The van der Waals surface area contributed by atoms with Crippen molar-refractivity contribution in [3.05, 3.63) is 236 Å². The van der Waals surface area contributed by atoms with Crippen molar-refractivity contribution in [1.29, 1.82) is 0 Å². The lowest BCUT2D eigenvalue weighted by Crippen LogP contribution is -2.56. The van der Waals surface area contributed by atoms with Crippen molar-refractivity contribution in [2.45, 2.75) is 102 Å². The first kappa shape index (κ1) is 72.1. The van der Waals surface area contributed by atoms with Crippen LogP contribution in [-0.4, -0.2) is 85.4 Å². The SMILES string of the molecule is CC(C)[Si](c1ncc(-c2cc(F)c3nc(C4COc5ccccc5C4)[nH]c3c2)o1)(C(C)C)C(C)C.Fc1cc(-c2cnco2)cc2[nH]c(C3COc4ccccc4C3)nc12.Fc1cc(Br)cc2[nH]c(C3COc4ccccc4C3)nc12.Nc1cc(Br)cc(F)c1N.O=C(O)C1COc2ccccc2C1. The summed E-state index contributed by atoms with van der Waals surface area (Å²) in [6, 6.07) is 44.3. The largest absolute Gasteiger partial charge is 0.493 e. The predicted octanol–water partition coefficient (Wildman–Crippen LogP) is 18.3. The molecule has 536 valence electrons. The van der Waals surface area contributed by atoms with Crippen LogP contribution in [0.3, 0.4) is 0 Å². The minimum Gasteiger partial charge on any atom is -0.493 e. The smallest absolute Gasteiger partial charge is 0.310 e. The van der Waals surface area contributed by atoms with Gasteiger partial charge < -0.3 is 59.3 Å². The monoisotopic (exact) mass is 1550 g/mol. The number of hydrogen-bond donors (Lipinski definition) is 6. The number of hydrogen-bond acceptors (Lipinski definition) is 14. The second-order valence-electron chi connectivity index (χ2n) is 27.2. The maximum Gasteiger partial charge on any atom is 0.310 e. The molecule has 4 atom stereocenters. The van der Waals surface area contributed by atoms with Crippen LogP contribution in [0, 0.1) is 29.2 Å². The summed E-state index contributed by atoms with van der Waals surface area (Å²) >= 11 is 6.37. The summed E-state index contributed by atoms with van der Waals surface area (Å²) in [4.78, 5) is 42.6. The molecule has 0 amide bonds. The second-order valence-corrected chi connectivity index (χ2v) is 34.7. The summed E-state index contributed by atoms with van der Waals surface area (Å²) in [5, 5.41) is 8.78. The zero-order chi connectivity index (χ0) is 73.1. The van der Waals surface area contributed by atoms with E-state index in [1.54, 1.807) is 18.5 Å². The van der Waals surface area contributed by atoms with E-state index in [-0.39, 0.29) is 53.2 Å². The molecular weight excluding hydrogens is 1480 g/mol. The van der Waals surface area contributed by atoms with Gasteiger partial charge in [-0.1, -0.05) is 146 Å². The second kappa shape index (κ2) is 31.0. The number of aromatic amines is 3. The van der Waals surface area contributed by atoms with Crippen LogP contribution in [0.15, 0.2) is 182 Å². The van der Waals surface area contributed by atoms with Gasteiger partial charge in [0.25, 0.3) is 0 Å². The Morgan fingerprint density at radius 1 is 0.510 bits per heavy atom. The number of anilines is 2. The fourth-order valence-electron chi connectivity index (χ4n) is 14.4. The number of carboxylic acids is 1. The van der Waals surface area contributed by atoms with E-state index in [1.165, 1.54) is 30.7 Å². The quantitative estimate of drug-likeness (QED) is 0.0422. The number of ether oxygens (including phenoxy) is 4. The molecule has 18 nitrogen and oxygen atoms in total. The summed E-state index contributed by atoms with van der Waals surface area (Å²) in [7, 11) is -2.04. The molecule has 4 aliphatic heterocycles. The molecule has 9 heterocycles. The number of para-hydroxylation sites is 4. The van der Waals surface area contributed by atoms with Crippen molar-refractivity contribution >= 4 is 95.9 Å². The van der Waals surface area contributed by atoms with Crippen molar-refractivity contribution in [2.75, 3.05) is 37.9 Å². The lowest BCUT2D eigenvalue weighted by atomic mass is 9.96. The number of fused-ring (bicyclic) bond motifs is 7. The Morgan fingerprint density at radius 3 is 1.33 bits per heavy atom. The number of aromatic nitrogens is 8. The third-order valence-electron chi connectivity index (χ3n) is 19.5. The van der Waals surface area contributed by atoms with Crippen LogP contribution in [0.5, 0.6) is 23.0 Å². The van der Waals surface area contributed by atoms with Gasteiger partial charge in [-0.25, -0.2) is 42.5 Å². The summed E-state index contributed by atoms with van der Waals surface area (Å²) in [5.74, 6) is 4.44. The van der Waals surface area contributed by atoms with Crippen molar-refractivity contribution in [3.8, 4) is 45.6 Å². The average molecular weight is 1560 g/mol. The fourth-order valence-corrected chi connectivity index (χ4v) is 21.4. The normalized spacial score (nSPS) is 16.5. The van der Waals surface area contributed by atoms with E-state index in [2.05, 4.69) is 120 Å². The Balaban J connectivity index is 0.000000123. The molecule has 4 aliphatic rings. The van der Waals surface area contributed by atoms with E-state index in [1.807, 2.05) is 103 Å². The van der Waals surface area contributed by atoms with E-state index in [0.717, 1.165) is 87.5 Å². The van der Waals surface area contributed by atoms with Gasteiger partial charge in [-0.3, -0.25) is 4.79 Å². The molecule has 0 saturated carbocycles. The first-order chi connectivity index (χ1) is 50.1. The van der Waals surface area contributed by atoms with Crippen LogP contribution in [0.4, 0.5) is 28.9 Å². The average Bonchev–Trinajstić information content (AvgIpc) is 1.61. The van der Waals surface area contributed by atoms with Crippen molar-refractivity contribution in [1.82, 2.24) is 39.9 Å². The molecule has 13 aromatic rings. The molecule has 5 aromatic heterocycles. The van der Waals surface area contributed by atoms with Crippen LogP contribution in [0.2, 0.25) is 16.6 Å². The number of nitrogens with two attached hydrogens (primary N) is 2. The van der Waals surface area contributed by atoms with Gasteiger partial charge in [0, 0.05) is 20.1 Å². The summed E-state index contributed by atoms with van der Waals surface area (Å²) in [6.45, 7) is 15.6. The number of imidazole rings is 3. The van der Waals surface area contributed by atoms with Crippen LogP contribution < -0.4 is 35.9 Å². The number of nitrogen functional groups attached to an aromatic ring is 2. The van der Waals surface area contributed by atoms with Crippen molar-refractivity contribution in [3.63, 3.8) is 0 Å². The highest BCUT2D eigenvalue weighted by Crippen LogP contribution is 2.43. The number of benzene rings is 8. The third kappa shape index (κ3) is 15.4. The number of nitrogens with one attached hydrogen (secondary N) is 3. The Morgan fingerprint density at radius 2 is 0.904 bits per heavy atom. The molecule has 8 N–H and O–H groups in total. The standard InChI is InChI=1S/C28H34FN3O2Si.C19H14FN3O2.C16H12BrFN2O.C10H10O3.C6H6BrFN2/c1-16(2)35(17(3)4,18(5)6)28-30-14-25(34-28)20-12-22(29)26-23(13-20)31-27(32-26)21-11-19-9-7-8-10-24(19)33-15-21;20-14-6-12(17-8-21-10-25-17)7-15-18(14)23-19(22-15)13-5-11-3-1-2-4-16(11)24-9-13;17-11-6-12(18)15-13(7-11)19-16(20-15)10-5-9-3-1-2-4-14(9)21-8-10;11-10(12)8-5-7-3-1-2-4-9(7)13-6-8;7-3-1-4(8)6(10)5(9)2-3/h7-10,12-14,16-18,21H,11,15H2,1-6H3,(H,31,32);1-4,6-8,10,13H,5,9H2,(H,22,23);1-4,6-7,10H,5,8H2,(H,19,20);1-4,8H,5-6H2,(H,11,12);1-2H,9-10H2. The minimum atomic E-state index is -2.04. The Bertz CT molecular complexity index is 5190. The van der Waals surface area contributed by atoms with Gasteiger partial charge in [-0.15, -0.1) is 0 Å². The molecule has 0 saturated heterocycles. The van der Waals surface area contributed by atoms with E-state index in [4.69, 9.17) is 49.3 Å². The maximum atomic E-state index is 15.2. The molecule has 104 heavy (non-hydrogen) atoms. The molecule has 0 radical (unpaired) electrons. The molecule has 0 spiro atoms. The van der Waals surface area contributed by atoms with E-state index in [9.17, 15) is 18.0 Å². The van der Waals surface area contributed by atoms with Gasteiger partial charge in [0.15, 0.2) is 49.0 Å². The molecule has 8 aromatic carbocycles. The first-order valence-electron chi connectivity index (χ1n) is 34.2. The number of aliphatic carboxylic acids is 1. The predicted molar refractivity (Wildman–Crippen MR) is 402 cm³/mol. The highest BCUT2D eigenvalue weighted by Gasteiger charge is 2.49. The molecule has 0 bridgehead atoms. The highest BCUT2D eigenvalue weighted by molar-refractivity contribution is 9.10. The van der Waals surface area contributed by atoms with E-state index in [0.29, 0.717) is 108 Å². The van der Waals surface area contributed by atoms with Gasteiger partial charge >= 0.3 is 5.97 Å². The van der Waals surface area contributed by atoms with Crippen LogP contribution in [-0.2, 0) is 30.5 Å². The van der Waals surface area contributed by atoms with Gasteiger partial charge in [0.05, 0.1) is 83.8 Å². The molecular formula is C79H76Br2F4N10O8Si. The van der Waals surface area contributed by atoms with Gasteiger partial charge in [-0.05, 0) is 137 Å². The lowest BCUT2D eigenvalue weighted by molar-refractivity contribution is -0.143. The number of carboxylic acid groups (broad SMARTS) is 1. The molecule has 0 fully saturated rings.